The maximum Gasteiger partial charge on any atom is 0.260 e. The van der Waals surface area contributed by atoms with E-state index in [9.17, 15) is 4.79 Å². The molecule has 1 amide bonds. The zero-order valence-electron chi connectivity index (χ0n) is 12.3. The van der Waals surface area contributed by atoms with Crippen LogP contribution in [0.25, 0.3) is 0 Å². The molecule has 2 aromatic rings. The molecule has 1 aliphatic heterocycles. The van der Waals surface area contributed by atoms with Gasteiger partial charge in [0.2, 0.25) is 0 Å². The Morgan fingerprint density at radius 2 is 2.24 bits per heavy atom. The molecule has 0 bridgehead atoms. The number of carbonyl (C=O) groups excluding carboxylic acids is 1. The van der Waals surface area contributed by atoms with E-state index in [4.69, 9.17) is 9.26 Å². The zero-order valence-corrected chi connectivity index (χ0v) is 12.3. The first kappa shape index (κ1) is 13.8. The van der Waals surface area contributed by atoms with E-state index in [0.29, 0.717) is 36.8 Å². The minimum Gasteiger partial charge on any atom is -0.377 e. The molecular formula is C14H18N4O3. The van der Waals surface area contributed by atoms with Crippen molar-refractivity contribution in [2.75, 3.05) is 19.8 Å². The number of carbonyl (C=O) groups is 1. The summed E-state index contributed by atoms with van der Waals surface area (Å²) in [7, 11) is 0. The predicted molar refractivity (Wildman–Crippen MR) is 73.9 cm³/mol. The lowest BCUT2D eigenvalue weighted by molar-refractivity contribution is -0.00513. The first-order valence-corrected chi connectivity index (χ1v) is 6.91. The Hall–Kier alpha value is -2.15. The monoisotopic (exact) mass is 290 g/mol. The molecular weight excluding hydrogens is 272 g/mol. The van der Waals surface area contributed by atoms with Crippen molar-refractivity contribution in [3.05, 3.63) is 34.7 Å². The van der Waals surface area contributed by atoms with E-state index in [1.54, 1.807) is 24.9 Å². The number of hydrogen-bond acceptors (Lipinski definition) is 5. The lowest BCUT2D eigenvalue weighted by Gasteiger charge is -2.34. The molecule has 1 saturated heterocycles. The van der Waals surface area contributed by atoms with E-state index in [0.717, 1.165) is 11.5 Å². The number of imidazole rings is 1. The topological polar surface area (TPSA) is 84.2 Å². The van der Waals surface area contributed by atoms with Crippen LogP contribution < -0.4 is 0 Å². The van der Waals surface area contributed by atoms with Crippen molar-refractivity contribution >= 4 is 5.91 Å². The summed E-state index contributed by atoms with van der Waals surface area (Å²) in [5, 5.41) is 3.86. The van der Waals surface area contributed by atoms with Crippen LogP contribution in [0.3, 0.4) is 0 Å². The molecule has 0 aliphatic carbocycles. The van der Waals surface area contributed by atoms with Gasteiger partial charge >= 0.3 is 0 Å². The Morgan fingerprint density at radius 3 is 2.86 bits per heavy atom. The lowest BCUT2D eigenvalue weighted by atomic mass is 10.1. The van der Waals surface area contributed by atoms with Crippen LogP contribution in [0, 0.1) is 20.8 Å². The first-order valence-electron chi connectivity index (χ1n) is 6.91. The molecule has 2 aromatic heterocycles. The second-order valence-corrected chi connectivity index (χ2v) is 5.24. The van der Waals surface area contributed by atoms with Crippen LogP contribution in [0.4, 0.5) is 0 Å². The summed E-state index contributed by atoms with van der Waals surface area (Å²) in [6.07, 6.45) is 1.75. The third kappa shape index (κ3) is 2.44. The minimum atomic E-state index is -0.214. The normalized spacial score (nSPS) is 19.0. The maximum atomic E-state index is 12.8. The van der Waals surface area contributed by atoms with Crippen molar-refractivity contribution in [3.63, 3.8) is 0 Å². The summed E-state index contributed by atoms with van der Waals surface area (Å²) < 4.78 is 10.6. The Bertz CT molecular complexity index is 641. The Morgan fingerprint density at radius 1 is 1.43 bits per heavy atom. The van der Waals surface area contributed by atoms with Crippen LogP contribution in [0.2, 0.25) is 0 Å². The number of nitrogens with zero attached hydrogens (tertiary/aromatic N) is 3. The number of hydrogen-bond donors (Lipinski definition) is 1. The smallest absolute Gasteiger partial charge is 0.260 e. The average molecular weight is 290 g/mol. The van der Waals surface area contributed by atoms with E-state index in [1.165, 1.54) is 0 Å². The fourth-order valence-corrected chi connectivity index (χ4v) is 2.61. The van der Waals surface area contributed by atoms with Crippen molar-refractivity contribution in [2.24, 2.45) is 0 Å². The van der Waals surface area contributed by atoms with Crippen molar-refractivity contribution in [1.29, 1.82) is 0 Å². The first-order chi connectivity index (χ1) is 10.1. The highest BCUT2D eigenvalue weighted by Crippen LogP contribution is 2.26. The fourth-order valence-electron chi connectivity index (χ4n) is 2.61. The number of amides is 1. The van der Waals surface area contributed by atoms with Gasteiger partial charge in [-0.1, -0.05) is 5.16 Å². The summed E-state index contributed by atoms with van der Waals surface area (Å²) in [5.41, 5.74) is 2.10. The predicted octanol–water partition coefficient (Wildman–Crippen LogP) is 1.54. The number of nitrogens with one attached hydrogen (secondary N) is 1. The van der Waals surface area contributed by atoms with Gasteiger partial charge in [-0.2, -0.15) is 0 Å². The quantitative estimate of drug-likeness (QED) is 0.906. The van der Waals surface area contributed by atoms with Crippen molar-refractivity contribution in [1.82, 2.24) is 20.0 Å². The number of ether oxygens (including phenoxy) is 1. The van der Waals surface area contributed by atoms with Crippen molar-refractivity contribution < 1.29 is 14.1 Å². The van der Waals surface area contributed by atoms with Crippen LogP contribution >= 0.6 is 0 Å². The molecule has 3 heterocycles. The number of H-pyrrole nitrogens is 1. The Kier molecular flexibility index (Phi) is 3.50. The minimum absolute atomic E-state index is 0.0893. The van der Waals surface area contributed by atoms with Gasteiger partial charge in [-0.15, -0.1) is 0 Å². The van der Waals surface area contributed by atoms with E-state index < -0.39 is 0 Å². The summed E-state index contributed by atoms with van der Waals surface area (Å²) in [6, 6.07) is -0.214. The van der Waals surface area contributed by atoms with Gasteiger partial charge in [0.25, 0.3) is 5.91 Å². The second-order valence-electron chi connectivity index (χ2n) is 5.24. The molecule has 1 fully saturated rings. The van der Waals surface area contributed by atoms with E-state index in [2.05, 4.69) is 15.1 Å². The Balaban J connectivity index is 1.93. The zero-order chi connectivity index (χ0) is 15.0. The van der Waals surface area contributed by atoms with Crippen LogP contribution in [0.1, 0.15) is 39.4 Å². The summed E-state index contributed by atoms with van der Waals surface area (Å²) >= 11 is 0. The fraction of sp³-hybridized carbons (Fsp3) is 0.500. The number of rotatable bonds is 2. The number of morpholine rings is 1. The van der Waals surface area contributed by atoms with Crippen molar-refractivity contribution in [3.8, 4) is 0 Å². The SMILES string of the molecule is Cc1cnc([C@H]2COCCN2C(=O)c2c(C)noc2C)[nH]1. The van der Waals surface area contributed by atoms with Gasteiger partial charge < -0.3 is 19.1 Å². The highest BCUT2D eigenvalue weighted by molar-refractivity contribution is 5.96. The maximum absolute atomic E-state index is 12.8. The third-order valence-electron chi connectivity index (χ3n) is 3.67. The molecule has 112 valence electrons. The molecule has 21 heavy (non-hydrogen) atoms. The molecule has 0 aromatic carbocycles. The second kappa shape index (κ2) is 5.33. The third-order valence-corrected chi connectivity index (χ3v) is 3.67. The summed E-state index contributed by atoms with van der Waals surface area (Å²) in [4.78, 5) is 22.1. The molecule has 1 atom stereocenters. The number of aromatic amines is 1. The van der Waals surface area contributed by atoms with Gasteiger partial charge in [-0.25, -0.2) is 4.98 Å². The van der Waals surface area contributed by atoms with Crippen LogP contribution in [-0.4, -0.2) is 45.7 Å². The van der Waals surface area contributed by atoms with Gasteiger partial charge in [0.15, 0.2) is 0 Å². The highest BCUT2D eigenvalue weighted by atomic mass is 16.5. The molecule has 0 saturated carbocycles. The van der Waals surface area contributed by atoms with Gasteiger partial charge in [0.1, 0.15) is 23.2 Å². The summed E-state index contributed by atoms with van der Waals surface area (Å²) in [5.74, 6) is 1.19. The molecule has 1 aliphatic rings. The number of aryl methyl sites for hydroxylation is 3. The van der Waals surface area contributed by atoms with Crippen LogP contribution in [0.5, 0.6) is 0 Å². The Labute approximate surface area is 122 Å². The standard InChI is InChI=1S/C14H18N4O3/c1-8-6-15-13(16-8)11-7-20-5-4-18(11)14(19)12-9(2)17-21-10(12)3/h6,11H,4-5,7H2,1-3H3,(H,15,16)/t11-/m1/s1. The average Bonchev–Trinajstić information content (AvgIpc) is 3.05. The van der Waals surface area contributed by atoms with Crippen LogP contribution in [-0.2, 0) is 4.74 Å². The largest absolute Gasteiger partial charge is 0.377 e. The van der Waals surface area contributed by atoms with Gasteiger partial charge in [-0.05, 0) is 20.8 Å². The van der Waals surface area contributed by atoms with Gasteiger partial charge in [0, 0.05) is 18.4 Å². The molecule has 7 nitrogen and oxygen atoms in total. The molecule has 0 spiro atoms. The molecule has 3 rings (SSSR count). The van der Waals surface area contributed by atoms with Crippen molar-refractivity contribution in [2.45, 2.75) is 26.8 Å². The van der Waals surface area contributed by atoms with E-state index in [1.807, 2.05) is 6.92 Å². The molecule has 7 heteroatoms. The lowest BCUT2D eigenvalue weighted by Crippen LogP contribution is -2.44. The van der Waals surface area contributed by atoms with E-state index >= 15 is 0 Å². The van der Waals surface area contributed by atoms with Gasteiger partial charge in [-0.3, -0.25) is 4.79 Å². The summed E-state index contributed by atoms with van der Waals surface area (Å²) in [6.45, 7) is 6.93. The van der Waals surface area contributed by atoms with Gasteiger partial charge in [0.05, 0.1) is 18.9 Å². The highest BCUT2D eigenvalue weighted by Gasteiger charge is 2.33. The van der Waals surface area contributed by atoms with Crippen LogP contribution in [0.15, 0.2) is 10.7 Å². The number of aromatic nitrogens is 3. The molecule has 0 unspecified atom stereocenters. The molecule has 0 radical (unpaired) electrons. The molecule has 1 N–H and O–H groups in total. The van der Waals surface area contributed by atoms with E-state index in [-0.39, 0.29) is 11.9 Å².